The van der Waals surface area contributed by atoms with Gasteiger partial charge in [0.15, 0.2) is 23.9 Å². The molecule has 1 atom stereocenters. The topological polar surface area (TPSA) is 90.9 Å². The maximum atomic E-state index is 12.0. The summed E-state index contributed by atoms with van der Waals surface area (Å²) in [5, 5.41) is 2.76. The monoisotopic (exact) mass is 403 g/mol. The molecule has 7 nitrogen and oxygen atoms in total. The number of nitrogens with one attached hydrogen (secondary N) is 1. The van der Waals surface area contributed by atoms with Gasteiger partial charge in [0.05, 0.1) is 17.3 Å². The first kappa shape index (κ1) is 19.9. The third-order valence-corrected chi connectivity index (χ3v) is 5.25. The van der Waals surface area contributed by atoms with E-state index in [0.717, 1.165) is 10.4 Å². The van der Waals surface area contributed by atoms with Crippen molar-refractivity contribution in [3.05, 3.63) is 45.6 Å². The average molecular weight is 403 g/mol. The number of hydrogen-bond donors (Lipinski definition) is 1. The SMILES string of the molecule is Cc1ccc(C(=O)CCC(=O)OCC(=O)N[C@H](C)c2ccc3c(c2)OCO3)s1. The molecule has 1 amide bonds. The maximum absolute atomic E-state index is 12.0. The van der Waals surface area contributed by atoms with Gasteiger partial charge in [-0.15, -0.1) is 11.3 Å². The lowest BCUT2D eigenvalue weighted by Gasteiger charge is -2.15. The molecule has 2 aromatic rings. The predicted molar refractivity (Wildman–Crippen MR) is 103 cm³/mol. The van der Waals surface area contributed by atoms with Crippen LogP contribution in [-0.2, 0) is 14.3 Å². The quantitative estimate of drug-likeness (QED) is 0.538. The first-order valence-electron chi connectivity index (χ1n) is 8.86. The molecule has 0 saturated heterocycles. The van der Waals surface area contributed by atoms with E-state index in [-0.39, 0.29) is 38.1 Å². The number of hydrogen-bond acceptors (Lipinski definition) is 7. The molecule has 0 bridgehead atoms. The summed E-state index contributed by atoms with van der Waals surface area (Å²) in [5.74, 6) is 0.209. The van der Waals surface area contributed by atoms with Crippen molar-refractivity contribution in [2.45, 2.75) is 32.7 Å². The number of carbonyl (C=O) groups is 3. The van der Waals surface area contributed by atoms with Crippen LogP contribution in [0, 0.1) is 6.92 Å². The summed E-state index contributed by atoms with van der Waals surface area (Å²) in [6, 6.07) is 8.75. The Morgan fingerprint density at radius 3 is 2.68 bits per heavy atom. The highest BCUT2D eigenvalue weighted by atomic mass is 32.1. The number of rotatable bonds is 8. The molecule has 1 aromatic carbocycles. The Balaban J connectivity index is 1.39. The smallest absolute Gasteiger partial charge is 0.306 e. The van der Waals surface area contributed by atoms with Gasteiger partial charge in [0.1, 0.15) is 0 Å². The van der Waals surface area contributed by atoms with Gasteiger partial charge in [0.2, 0.25) is 6.79 Å². The van der Waals surface area contributed by atoms with E-state index < -0.39 is 11.9 Å². The molecule has 1 aliphatic rings. The summed E-state index contributed by atoms with van der Waals surface area (Å²) in [4.78, 5) is 37.5. The van der Waals surface area contributed by atoms with Crippen LogP contribution in [0.2, 0.25) is 0 Å². The van der Waals surface area contributed by atoms with E-state index >= 15 is 0 Å². The van der Waals surface area contributed by atoms with Crippen LogP contribution < -0.4 is 14.8 Å². The van der Waals surface area contributed by atoms with E-state index in [1.807, 2.05) is 26.0 Å². The van der Waals surface area contributed by atoms with Gasteiger partial charge in [-0.05, 0) is 43.7 Å². The molecule has 1 N–H and O–H groups in total. The molecule has 28 heavy (non-hydrogen) atoms. The second-order valence-corrected chi connectivity index (χ2v) is 7.68. The van der Waals surface area contributed by atoms with Crippen molar-refractivity contribution in [2.75, 3.05) is 13.4 Å². The number of esters is 1. The molecule has 8 heteroatoms. The minimum Gasteiger partial charge on any atom is -0.456 e. The van der Waals surface area contributed by atoms with Crippen LogP contribution in [0.15, 0.2) is 30.3 Å². The lowest BCUT2D eigenvalue weighted by molar-refractivity contribution is -0.148. The number of Topliss-reactive ketones (excluding diaryl/α,β-unsaturated/α-hetero) is 1. The average Bonchev–Trinajstić information content (AvgIpc) is 3.32. The van der Waals surface area contributed by atoms with E-state index in [0.29, 0.717) is 16.4 Å². The van der Waals surface area contributed by atoms with Crippen LogP contribution in [0.25, 0.3) is 0 Å². The van der Waals surface area contributed by atoms with Crippen LogP contribution >= 0.6 is 11.3 Å². The fourth-order valence-corrected chi connectivity index (χ4v) is 3.53. The molecule has 148 valence electrons. The molecule has 0 fully saturated rings. The lowest BCUT2D eigenvalue weighted by Crippen LogP contribution is -2.31. The molecular weight excluding hydrogens is 382 g/mol. The van der Waals surface area contributed by atoms with Gasteiger partial charge >= 0.3 is 5.97 Å². The molecule has 0 spiro atoms. The lowest BCUT2D eigenvalue weighted by atomic mass is 10.1. The zero-order chi connectivity index (χ0) is 20.1. The largest absolute Gasteiger partial charge is 0.456 e. The minimum atomic E-state index is -0.576. The number of benzene rings is 1. The Morgan fingerprint density at radius 1 is 1.14 bits per heavy atom. The number of thiophene rings is 1. The van der Waals surface area contributed by atoms with Crippen LogP contribution in [-0.4, -0.2) is 31.1 Å². The van der Waals surface area contributed by atoms with Gasteiger partial charge in [-0.25, -0.2) is 0 Å². The van der Waals surface area contributed by atoms with Gasteiger partial charge < -0.3 is 19.5 Å². The highest BCUT2D eigenvalue weighted by molar-refractivity contribution is 7.14. The number of ether oxygens (including phenoxy) is 3. The van der Waals surface area contributed by atoms with Gasteiger partial charge in [-0.3, -0.25) is 14.4 Å². The summed E-state index contributed by atoms with van der Waals surface area (Å²) in [5.41, 5.74) is 0.848. The minimum absolute atomic E-state index is 0.0548. The van der Waals surface area contributed by atoms with E-state index in [1.165, 1.54) is 11.3 Å². The van der Waals surface area contributed by atoms with Crippen LogP contribution in [0.1, 0.15) is 45.9 Å². The second-order valence-electron chi connectivity index (χ2n) is 6.40. The Bertz CT molecular complexity index is 891. The summed E-state index contributed by atoms with van der Waals surface area (Å²) >= 11 is 1.40. The fourth-order valence-electron chi connectivity index (χ4n) is 2.69. The molecule has 0 saturated carbocycles. The van der Waals surface area contributed by atoms with Crippen molar-refractivity contribution in [3.8, 4) is 11.5 Å². The van der Waals surface area contributed by atoms with E-state index in [4.69, 9.17) is 14.2 Å². The number of ketones is 1. The zero-order valence-corrected chi connectivity index (χ0v) is 16.5. The molecule has 1 aromatic heterocycles. The second kappa shape index (κ2) is 8.88. The molecule has 2 heterocycles. The van der Waals surface area contributed by atoms with Crippen LogP contribution in [0.3, 0.4) is 0 Å². The van der Waals surface area contributed by atoms with Crippen LogP contribution in [0.5, 0.6) is 11.5 Å². The van der Waals surface area contributed by atoms with Gasteiger partial charge in [0.25, 0.3) is 5.91 Å². The van der Waals surface area contributed by atoms with E-state index in [9.17, 15) is 14.4 Å². The maximum Gasteiger partial charge on any atom is 0.306 e. The Labute approximate surface area is 166 Å². The summed E-state index contributed by atoms with van der Waals surface area (Å²) < 4.78 is 15.5. The first-order valence-corrected chi connectivity index (χ1v) is 9.68. The third-order valence-electron chi connectivity index (χ3n) is 4.21. The van der Waals surface area contributed by atoms with Crippen molar-refractivity contribution >= 4 is 29.0 Å². The van der Waals surface area contributed by atoms with Crippen molar-refractivity contribution < 1.29 is 28.6 Å². The van der Waals surface area contributed by atoms with Gasteiger partial charge in [-0.1, -0.05) is 6.07 Å². The molecule has 1 aliphatic heterocycles. The number of amides is 1. The Morgan fingerprint density at radius 2 is 1.93 bits per heavy atom. The molecule has 0 aliphatic carbocycles. The number of fused-ring (bicyclic) bond motifs is 1. The van der Waals surface area contributed by atoms with Crippen molar-refractivity contribution in [1.82, 2.24) is 5.32 Å². The van der Waals surface area contributed by atoms with E-state index in [1.54, 1.807) is 18.2 Å². The summed E-state index contributed by atoms with van der Waals surface area (Å²) in [6.45, 7) is 3.53. The molecular formula is C20H21NO6S. The summed E-state index contributed by atoms with van der Waals surface area (Å²) in [6.07, 6.45) is 0.00871. The standard InChI is InChI=1S/C20H21NO6S/c1-12-3-7-18(28-12)15(22)5-8-20(24)25-10-19(23)21-13(2)14-4-6-16-17(9-14)27-11-26-16/h3-4,6-7,9,13H,5,8,10-11H2,1-2H3,(H,21,23)/t13-/m1/s1. The zero-order valence-electron chi connectivity index (χ0n) is 15.7. The molecule has 0 radical (unpaired) electrons. The summed E-state index contributed by atoms with van der Waals surface area (Å²) in [7, 11) is 0. The highest BCUT2D eigenvalue weighted by Gasteiger charge is 2.18. The van der Waals surface area contributed by atoms with Crippen molar-refractivity contribution in [3.63, 3.8) is 0 Å². The van der Waals surface area contributed by atoms with Gasteiger partial charge in [-0.2, -0.15) is 0 Å². The predicted octanol–water partition coefficient (Wildman–Crippen LogP) is 3.17. The molecule has 3 rings (SSSR count). The van der Waals surface area contributed by atoms with Crippen molar-refractivity contribution in [1.29, 1.82) is 0 Å². The third kappa shape index (κ3) is 5.10. The fraction of sp³-hybridized carbons (Fsp3) is 0.350. The Hall–Kier alpha value is -2.87. The van der Waals surface area contributed by atoms with Crippen molar-refractivity contribution in [2.24, 2.45) is 0 Å². The first-order chi connectivity index (χ1) is 13.4. The van der Waals surface area contributed by atoms with Crippen LogP contribution in [0.4, 0.5) is 0 Å². The van der Waals surface area contributed by atoms with E-state index in [2.05, 4.69) is 5.32 Å². The van der Waals surface area contributed by atoms with Gasteiger partial charge in [0, 0.05) is 11.3 Å². The normalized spacial score (nSPS) is 13.1. The molecule has 0 unspecified atom stereocenters. The highest BCUT2D eigenvalue weighted by Crippen LogP contribution is 2.34. The Kier molecular flexibility index (Phi) is 6.30. The number of carbonyl (C=O) groups excluding carboxylic acids is 3. The number of aryl methyl sites for hydroxylation is 1.